The van der Waals surface area contributed by atoms with Gasteiger partial charge in [0.2, 0.25) is 5.91 Å². The van der Waals surface area contributed by atoms with Crippen LogP contribution in [0.3, 0.4) is 0 Å². The highest BCUT2D eigenvalue weighted by atomic mass is 16.5. The molecule has 1 fully saturated rings. The van der Waals surface area contributed by atoms with E-state index in [9.17, 15) is 9.59 Å². The second-order valence-corrected chi connectivity index (χ2v) is 5.50. The van der Waals surface area contributed by atoms with Crippen LogP contribution >= 0.6 is 0 Å². The number of carbonyl (C=O) groups is 2. The summed E-state index contributed by atoms with van der Waals surface area (Å²) >= 11 is 0. The standard InChI is InChI=1S/C17H23NO3/c1-21-17(20)12-14-8-5-6-9-15(14)13-18-11-7-3-2-4-10-16(18)19/h5-6,8-9H,2-4,7,10-13H2,1H3. The quantitative estimate of drug-likeness (QED) is 0.801. The maximum absolute atomic E-state index is 12.2. The SMILES string of the molecule is COC(=O)Cc1ccccc1CN1CCCCCCC1=O. The van der Waals surface area contributed by atoms with E-state index >= 15 is 0 Å². The highest BCUT2D eigenvalue weighted by molar-refractivity contribution is 5.76. The molecule has 0 saturated carbocycles. The average Bonchev–Trinajstić information content (AvgIpc) is 2.48. The van der Waals surface area contributed by atoms with Gasteiger partial charge in [-0.2, -0.15) is 0 Å². The van der Waals surface area contributed by atoms with Crippen molar-refractivity contribution in [3.63, 3.8) is 0 Å². The first-order chi connectivity index (χ1) is 10.2. The Kier molecular flexibility index (Phi) is 5.78. The van der Waals surface area contributed by atoms with E-state index in [4.69, 9.17) is 4.74 Å². The molecule has 21 heavy (non-hydrogen) atoms. The van der Waals surface area contributed by atoms with E-state index in [1.807, 2.05) is 29.2 Å². The maximum atomic E-state index is 12.2. The highest BCUT2D eigenvalue weighted by Crippen LogP contribution is 2.17. The molecule has 1 aromatic carbocycles. The zero-order chi connectivity index (χ0) is 15.1. The lowest BCUT2D eigenvalue weighted by atomic mass is 10.0. The van der Waals surface area contributed by atoms with Gasteiger partial charge < -0.3 is 9.64 Å². The van der Waals surface area contributed by atoms with Gasteiger partial charge in [-0.1, -0.05) is 37.1 Å². The normalized spacial score (nSPS) is 16.2. The van der Waals surface area contributed by atoms with Crippen LogP contribution in [0, 0.1) is 0 Å². The number of amides is 1. The van der Waals surface area contributed by atoms with Crippen LogP contribution in [0.25, 0.3) is 0 Å². The number of ether oxygens (including phenoxy) is 1. The number of methoxy groups -OCH3 is 1. The summed E-state index contributed by atoms with van der Waals surface area (Å²) in [4.78, 5) is 25.6. The first-order valence-electron chi connectivity index (χ1n) is 7.62. The third kappa shape index (κ3) is 4.59. The molecule has 1 amide bonds. The smallest absolute Gasteiger partial charge is 0.309 e. The van der Waals surface area contributed by atoms with Crippen LogP contribution in [0.1, 0.15) is 43.2 Å². The second kappa shape index (κ2) is 7.81. The number of likely N-dealkylation sites (tertiary alicyclic amines) is 1. The van der Waals surface area contributed by atoms with Crippen molar-refractivity contribution in [1.29, 1.82) is 0 Å². The van der Waals surface area contributed by atoms with Gasteiger partial charge in [-0.3, -0.25) is 9.59 Å². The molecule has 0 atom stereocenters. The molecule has 1 heterocycles. The van der Waals surface area contributed by atoms with Crippen LogP contribution in [-0.4, -0.2) is 30.4 Å². The van der Waals surface area contributed by atoms with Gasteiger partial charge in [0.15, 0.2) is 0 Å². The van der Waals surface area contributed by atoms with Crippen molar-refractivity contribution in [2.24, 2.45) is 0 Å². The molecule has 0 bridgehead atoms. The molecule has 1 saturated heterocycles. The third-order valence-corrected chi connectivity index (χ3v) is 3.96. The number of benzene rings is 1. The van der Waals surface area contributed by atoms with E-state index in [-0.39, 0.29) is 18.3 Å². The summed E-state index contributed by atoms with van der Waals surface area (Å²) in [5, 5.41) is 0. The van der Waals surface area contributed by atoms with Gasteiger partial charge in [-0.25, -0.2) is 0 Å². The zero-order valence-electron chi connectivity index (χ0n) is 12.6. The maximum Gasteiger partial charge on any atom is 0.309 e. The first-order valence-corrected chi connectivity index (χ1v) is 7.62. The minimum absolute atomic E-state index is 0.225. The van der Waals surface area contributed by atoms with Crippen molar-refractivity contribution in [3.05, 3.63) is 35.4 Å². The van der Waals surface area contributed by atoms with Gasteiger partial charge >= 0.3 is 5.97 Å². The second-order valence-electron chi connectivity index (χ2n) is 5.50. The molecule has 0 aromatic heterocycles. The Bertz CT molecular complexity index is 499. The Labute approximate surface area is 126 Å². The molecule has 0 radical (unpaired) electrons. The number of hydrogen-bond donors (Lipinski definition) is 0. The van der Waals surface area contributed by atoms with Crippen LogP contribution in [0.4, 0.5) is 0 Å². The molecule has 1 aliphatic rings. The summed E-state index contributed by atoms with van der Waals surface area (Å²) in [6.45, 7) is 1.40. The Morgan fingerprint density at radius 1 is 1.14 bits per heavy atom. The Morgan fingerprint density at radius 2 is 1.86 bits per heavy atom. The van der Waals surface area contributed by atoms with Crippen LogP contribution in [0.2, 0.25) is 0 Å². The van der Waals surface area contributed by atoms with Crippen LogP contribution < -0.4 is 0 Å². The predicted molar refractivity (Wildman–Crippen MR) is 80.7 cm³/mol. The molecule has 1 aromatic rings. The lowest BCUT2D eigenvalue weighted by Crippen LogP contribution is -2.32. The lowest BCUT2D eigenvalue weighted by molar-refractivity contribution is -0.139. The molecule has 0 spiro atoms. The summed E-state index contributed by atoms with van der Waals surface area (Å²) < 4.78 is 4.74. The van der Waals surface area contributed by atoms with Crippen molar-refractivity contribution in [3.8, 4) is 0 Å². The van der Waals surface area contributed by atoms with E-state index in [0.29, 0.717) is 13.0 Å². The molecule has 0 N–H and O–H groups in total. The number of rotatable bonds is 4. The van der Waals surface area contributed by atoms with Crippen LogP contribution in [-0.2, 0) is 27.3 Å². The number of nitrogens with zero attached hydrogens (tertiary/aromatic N) is 1. The van der Waals surface area contributed by atoms with E-state index in [1.54, 1.807) is 0 Å². The van der Waals surface area contributed by atoms with Crippen LogP contribution in [0.5, 0.6) is 0 Å². The van der Waals surface area contributed by atoms with Gasteiger partial charge in [0.1, 0.15) is 0 Å². The average molecular weight is 289 g/mol. The van der Waals surface area contributed by atoms with Crippen molar-refractivity contribution >= 4 is 11.9 Å². The van der Waals surface area contributed by atoms with E-state index in [0.717, 1.165) is 36.9 Å². The largest absolute Gasteiger partial charge is 0.469 e. The topological polar surface area (TPSA) is 46.6 Å². The van der Waals surface area contributed by atoms with E-state index in [1.165, 1.54) is 13.5 Å². The molecule has 114 valence electrons. The van der Waals surface area contributed by atoms with Crippen LogP contribution in [0.15, 0.2) is 24.3 Å². The molecule has 2 rings (SSSR count). The minimum atomic E-state index is -0.249. The van der Waals surface area contributed by atoms with Gasteiger partial charge in [0.25, 0.3) is 0 Å². The fraction of sp³-hybridized carbons (Fsp3) is 0.529. The van der Waals surface area contributed by atoms with Gasteiger partial charge in [0.05, 0.1) is 13.5 Å². The Hall–Kier alpha value is -1.84. The number of hydrogen-bond acceptors (Lipinski definition) is 3. The summed E-state index contributed by atoms with van der Waals surface area (Å²) in [6.07, 6.45) is 5.28. The molecule has 0 aliphatic carbocycles. The summed E-state index contributed by atoms with van der Waals surface area (Å²) in [7, 11) is 1.40. The number of esters is 1. The third-order valence-electron chi connectivity index (χ3n) is 3.96. The van der Waals surface area contributed by atoms with Gasteiger partial charge in [0, 0.05) is 19.5 Å². The molecule has 4 nitrogen and oxygen atoms in total. The molecular weight excluding hydrogens is 266 g/mol. The molecular formula is C17H23NO3. The summed E-state index contributed by atoms with van der Waals surface area (Å²) in [5.74, 6) is -0.0241. The predicted octanol–water partition coefficient (Wildman–Crippen LogP) is 2.69. The van der Waals surface area contributed by atoms with Gasteiger partial charge in [-0.05, 0) is 24.0 Å². The van der Waals surface area contributed by atoms with Gasteiger partial charge in [-0.15, -0.1) is 0 Å². The summed E-state index contributed by atoms with van der Waals surface area (Å²) in [6, 6.07) is 7.78. The highest BCUT2D eigenvalue weighted by Gasteiger charge is 2.17. The van der Waals surface area contributed by atoms with Crippen molar-refractivity contribution in [2.45, 2.75) is 45.1 Å². The number of carbonyl (C=O) groups excluding carboxylic acids is 2. The van der Waals surface area contributed by atoms with Crippen molar-refractivity contribution < 1.29 is 14.3 Å². The first kappa shape index (κ1) is 15.5. The van der Waals surface area contributed by atoms with E-state index in [2.05, 4.69) is 0 Å². The monoisotopic (exact) mass is 289 g/mol. The Balaban J connectivity index is 2.10. The fourth-order valence-corrected chi connectivity index (χ4v) is 2.70. The fourth-order valence-electron chi connectivity index (χ4n) is 2.70. The molecule has 4 heteroatoms. The zero-order valence-corrected chi connectivity index (χ0v) is 12.6. The lowest BCUT2D eigenvalue weighted by Gasteiger charge is -2.26. The summed E-state index contributed by atoms with van der Waals surface area (Å²) in [5.41, 5.74) is 1.98. The Morgan fingerprint density at radius 3 is 2.62 bits per heavy atom. The minimum Gasteiger partial charge on any atom is -0.469 e. The van der Waals surface area contributed by atoms with E-state index < -0.39 is 0 Å². The van der Waals surface area contributed by atoms with Crippen molar-refractivity contribution in [1.82, 2.24) is 4.90 Å². The molecule has 0 unspecified atom stereocenters. The van der Waals surface area contributed by atoms with Crippen molar-refractivity contribution in [2.75, 3.05) is 13.7 Å². The molecule has 1 aliphatic heterocycles.